The maximum atomic E-state index is 5.72. The van der Waals surface area contributed by atoms with Crippen molar-refractivity contribution in [1.82, 2.24) is 5.32 Å². The molecule has 0 radical (unpaired) electrons. The summed E-state index contributed by atoms with van der Waals surface area (Å²) >= 11 is 5.72. The average Bonchev–Trinajstić information content (AvgIpc) is 2.65. The van der Waals surface area contributed by atoms with Crippen LogP contribution in [0.4, 0.5) is 0 Å². The summed E-state index contributed by atoms with van der Waals surface area (Å²) in [5.41, 5.74) is 0.481. The summed E-state index contributed by atoms with van der Waals surface area (Å²) in [5, 5.41) is 3.95. The second-order valence-corrected chi connectivity index (χ2v) is 5.55. The summed E-state index contributed by atoms with van der Waals surface area (Å²) in [6, 6.07) is 3.72. The van der Waals surface area contributed by atoms with Crippen LogP contribution in [0.15, 0.2) is 16.5 Å². The van der Waals surface area contributed by atoms with Crippen LogP contribution in [0.2, 0.25) is 5.22 Å². The minimum atomic E-state index is 0.473. The van der Waals surface area contributed by atoms with E-state index in [9.17, 15) is 0 Å². The molecule has 1 aromatic rings. The molecular formula is C13H20ClNO. The van der Waals surface area contributed by atoms with E-state index in [0.717, 1.165) is 18.8 Å². The first-order valence-electron chi connectivity index (χ1n) is 6.13. The van der Waals surface area contributed by atoms with Gasteiger partial charge in [0, 0.05) is 6.54 Å². The van der Waals surface area contributed by atoms with E-state index in [2.05, 4.69) is 12.2 Å². The summed E-state index contributed by atoms with van der Waals surface area (Å²) in [5.74, 6) is 0.921. The zero-order valence-corrected chi connectivity index (χ0v) is 10.6. The Morgan fingerprint density at radius 1 is 1.31 bits per heavy atom. The first-order valence-corrected chi connectivity index (χ1v) is 6.51. The number of hydrogen-bond acceptors (Lipinski definition) is 2. The van der Waals surface area contributed by atoms with Gasteiger partial charge in [0.2, 0.25) is 0 Å². The zero-order valence-electron chi connectivity index (χ0n) is 9.89. The van der Waals surface area contributed by atoms with Gasteiger partial charge < -0.3 is 9.73 Å². The maximum Gasteiger partial charge on any atom is 0.193 e. The minimum Gasteiger partial charge on any atom is -0.448 e. The van der Waals surface area contributed by atoms with E-state index in [0.29, 0.717) is 10.6 Å². The third-order valence-corrected chi connectivity index (χ3v) is 3.74. The van der Waals surface area contributed by atoms with Crippen molar-refractivity contribution in [3.8, 4) is 0 Å². The normalized spacial score (nSPS) is 19.9. The highest BCUT2D eigenvalue weighted by atomic mass is 35.5. The Bertz CT molecular complexity index is 328. The summed E-state index contributed by atoms with van der Waals surface area (Å²) < 4.78 is 5.31. The topological polar surface area (TPSA) is 25.2 Å². The fourth-order valence-corrected chi connectivity index (χ4v) is 2.68. The molecule has 0 atom stereocenters. The fourth-order valence-electron chi connectivity index (χ4n) is 2.52. The van der Waals surface area contributed by atoms with Crippen LogP contribution in [0.3, 0.4) is 0 Å². The van der Waals surface area contributed by atoms with Crippen molar-refractivity contribution in [3.05, 3.63) is 23.1 Å². The molecule has 1 aliphatic rings. The lowest BCUT2D eigenvalue weighted by Crippen LogP contribution is -2.33. The molecule has 1 aliphatic carbocycles. The molecule has 0 bridgehead atoms. The van der Waals surface area contributed by atoms with Crippen molar-refractivity contribution in [3.63, 3.8) is 0 Å². The molecule has 0 unspecified atom stereocenters. The number of nitrogens with one attached hydrogen (secondary N) is 1. The lowest BCUT2D eigenvalue weighted by Gasteiger charge is -2.33. The monoisotopic (exact) mass is 241 g/mol. The van der Waals surface area contributed by atoms with Gasteiger partial charge >= 0.3 is 0 Å². The molecule has 1 saturated carbocycles. The van der Waals surface area contributed by atoms with Gasteiger partial charge in [-0.2, -0.15) is 0 Å². The van der Waals surface area contributed by atoms with Crippen molar-refractivity contribution < 1.29 is 4.42 Å². The van der Waals surface area contributed by atoms with E-state index >= 15 is 0 Å². The summed E-state index contributed by atoms with van der Waals surface area (Å²) in [7, 11) is 0. The van der Waals surface area contributed by atoms with Crippen LogP contribution in [0.1, 0.15) is 44.8 Å². The Balaban J connectivity index is 1.74. The predicted molar refractivity (Wildman–Crippen MR) is 66.6 cm³/mol. The highest BCUT2D eigenvalue weighted by Gasteiger charge is 2.26. The number of halogens is 1. The molecule has 0 saturated heterocycles. The molecule has 0 aliphatic heterocycles. The van der Waals surface area contributed by atoms with Crippen LogP contribution in [0.25, 0.3) is 0 Å². The number of hydrogen-bond donors (Lipinski definition) is 1. The standard InChI is InChI=1S/C13H20ClNO/c1-13(7-3-2-4-8-13)10-15-9-11-5-6-12(14)16-11/h5-6,15H,2-4,7-10H2,1H3. The summed E-state index contributed by atoms with van der Waals surface area (Å²) in [4.78, 5) is 0. The second kappa shape index (κ2) is 5.24. The fraction of sp³-hybridized carbons (Fsp3) is 0.692. The van der Waals surface area contributed by atoms with E-state index in [1.807, 2.05) is 6.07 Å². The molecule has 90 valence electrons. The molecule has 0 aromatic carbocycles. The molecule has 16 heavy (non-hydrogen) atoms. The van der Waals surface area contributed by atoms with E-state index in [-0.39, 0.29) is 0 Å². The van der Waals surface area contributed by atoms with Crippen LogP contribution in [0, 0.1) is 5.41 Å². The maximum absolute atomic E-state index is 5.72. The van der Waals surface area contributed by atoms with E-state index in [4.69, 9.17) is 16.0 Å². The van der Waals surface area contributed by atoms with Crippen molar-refractivity contribution in [1.29, 1.82) is 0 Å². The van der Waals surface area contributed by atoms with E-state index in [1.165, 1.54) is 32.1 Å². The number of furan rings is 1. The highest BCUT2D eigenvalue weighted by molar-refractivity contribution is 6.28. The van der Waals surface area contributed by atoms with Crippen LogP contribution in [-0.4, -0.2) is 6.54 Å². The van der Waals surface area contributed by atoms with Gasteiger partial charge in [-0.25, -0.2) is 0 Å². The third kappa shape index (κ3) is 3.26. The average molecular weight is 242 g/mol. The molecule has 0 spiro atoms. The molecule has 1 heterocycles. The van der Waals surface area contributed by atoms with Crippen LogP contribution >= 0.6 is 11.6 Å². The van der Waals surface area contributed by atoms with E-state index in [1.54, 1.807) is 6.07 Å². The molecule has 1 N–H and O–H groups in total. The number of rotatable bonds is 4. The Hall–Kier alpha value is -0.470. The van der Waals surface area contributed by atoms with Crippen molar-refractivity contribution >= 4 is 11.6 Å². The van der Waals surface area contributed by atoms with Crippen LogP contribution < -0.4 is 5.32 Å². The van der Waals surface area contributed by atoms with E-state index < -0.39 is 0 Å². The largest absolute Gasteiger partial charge is 0.448 e. The lowest BCUT2D eigenvalue weighted by molar-refractivity contribution is 0.206. The summed E-state index contributed by atoms with van der Waals surface area (Å²) in [6.07, 6.45) is 6.86. The van der Waals surface area contributed by atoms with Gasteiger partial charge in [0.1, 0.15) is 5.76 Å². The van der Waals surface area contributed by atoms with Gasteiger partial charge in [-0.15, -0.1) is 0 Å². The Kier molecular flexibility index (Phi) is 3.93. The Morgan fingerprint density at radius 2 is 2.06 bits per heavy atom. The minimum absolute atomic E-state index is 0.473. The molecule has 1 aromatic heterocycles. The van der Waals surface area contributed by atoms with Gasteiger partial charge in [-0.3, -0.25) is 0 Å². The van der Waals surface area contributed by atoms with Crippen molar-refractivity contribution in [2.75, 3.05) is 6.54 Å². The van der Waals surface area contributed by atoms with Gasteiger partial charge in [0.05, 0.1) is 6.54 Å². The first-order chi connectivity index (χ1) is 7.68. The van der Waals surface area contributed by atoms with Gasteiger partial charge in [0.15, 0.2) is 5.22 Å². The highest BCUT2D eigenvalue weighted by Crippen LogP contribution is 2.34. The Labute approximate surface area is 102 Å². The van der Waals surface area contributed by atoms with Gasteiger partial charge in [0.25, 0.3) is 0 Å². The van der Waals surface area contributed by atoms with Crippen molar-refractivity contribution in [2.24, 2.45) is 5.41 Å². The zero-order chi connectivity index (χ0) is 11.4. The van der Waals surface area contributed by atoms with Crippen LogP contribution in [-0.2, 0) is 6.54 Å². The van der Waals surface area contributed by atoms with Gasteiger partial charge in [-0.05, 0) is 42.0 Å². The first kappa shape index (κ1) is 12.0. The van der Waals surface area contributed by atoms with Gasteiger partial charge in [-0.1, -0.05) is 26.2 Å². The third-order valence-electron chi connectivity index (χ3n) is 3.54. The summed E-state index contributed by atoms with van der Waals surface area (Å²) in [6.45, 7) is 4.24. The Morgan fingerprint density at radius 3 is 2.69 bits per heavy atom. The van der Waals surface area contributed by atoms with Crippen LogP contribution in [0.5, 0.6) is 0 Å². The molecule has 2 nitrogen and oxygen atoms in total. The molecular weight excluding hydrogens is 222 g/mol. The lowest BCUT2D eigenvalue weighted by atomic mass is 9.76. The molecule has 1 fully saturated rings. The SMILES string of the molecule is CC1(CNCc2ccc(Cl)o2)CCCCC1. The molecule has 0 amide bonds. The molecule has 2 rings (SSSR count). The second-order valence-electron chi connectivity index (χ2n) is 5.18. The predicted octanol–water partition coefficient (Wildman–Crippen LogP) is 3.99. The quantitative estimate of drug-likeness (QED) is 0.862. The van der Waals surface area contributed by atoms with Crippen molar-refractivity contribution in [2.45, 2.75) is 45.6 Å². The smallest absolute Gasteiger partial charge is 0.193 e. The molecule has 3 heteroatoms.